The van der Waals surface area contributed by atoms with Gasteiger partial charge in [0.25, 0.3) is 0 Å². The molecule has 4 heteroatoms. The van der Waals surface area contributed by atoms with Gasteiger partial charge < -0.3 is 9.32 Å². The number of aromatic nitrogens is 1. The maximum atomic E-state index is 12.0. The molecule has 0 fully saturated rings. The first kappa shape index (κ1) is 12.6. The summed E-state index contributed by atoms with van der Waals surface area (Å²) < 4.78 is 5.41. The Morgan fingerprint density at radius 1 is 1.33 bits per heavy atom. The molecule has 96 valence electrons. The molecule has 18 heavy (non-hydrogen) atoms. The van der Waals surface area contributed by atoms with Crippen molar-refractivity contribution in [1.82, 2.24) is 9.88 Å². The number of hydrogen-bond donors (Lipinski definition) is 0. The largest absolute Gasteiger partial charge is 0.441 e. The summed E-state index contributed by atoms with van der Waals surface area (Å²) in [7, 11) is 0. The van der Waals surface area contributed by atoms with Gasteiger partial charge in [-0.2, -0.15) is 0 Å². The monoisotopic (exact) mass is 246 g/mol. The first-order chi connectivity index (χ1) is 8.63. The van der Waals surface area contributed by atoms with E-state index in [4.69, 9.17) is 4.42 Å². The molecule has 0 N–H and O–H groups in total. The molecular formula is C14H18N2O2. The molecule has 1 aromatic carbocycles. The summed E-state index contributed by atoms with van der Waals surface area (Å²) in [5, 5.41) is 0. The minimum atomic E-state index is 0.152. The lowest BCUT2D eigenvalue weighted by Gasteiger charge is -2.18. The van der Waals surface area contributed by atoms with Crippen molar-refractivity contribution in [3.8, 4) is 0 Å². The summed E-state index contributed by atoms with van der Waals surface area (Å²) in [5.74, 6) is 0.803. The van der Waals surface area contributed by atoms with E-state index in [-0.39, 0.29) is 5.91 Å². The number of aryl methyl sites for hydroxylation is 1. The number of fused-ring (bicyclic) bond motifs is 1. The van der Waals surface area contributed by atoms with Gasteiger partial charge in [-0.1, -0.05) is 6.07 Å². The Morgan fingerprint density at radius 2 is 2.06 bits per heavy atom. The van der Waals surface area contributed by atoms with Gasteiger partial charge in [-0.25, -0.2) is 4.98 Å². The molecule has 0 saturated heterocycles. The molecule has 4 nitrogen and oxygen atoms in total. The summed E-state index contributed by atoms with van der Waals surface area (Å²) >= 11 is 0. The first-order valence-corrected chi connectivity index (χ1v) is 6.28. The zero-order valence-corrected chi connectivity index (χ0v) is 11.1. The van der Waals surface area contributed by atoms with Gasteiger partial charge in [-0.05, 0) is 31.5 Å². The molecule has 0 aliphatic carbocycles. The number of carbonyl (C=O) groups excluding carboxylic acids is 1. The number of oxazole rings is 1. The minimum absolute atomic E-state index is 0.152. The third-order valence-electron chi connectivity index (χ3n) is 3.03. The topological polar surface area (TPSA) is 46.3 Å². The number of nitrogens with zero attached hydrogens (tertiary/aromatic N) is 2. The summed E-state index contributed by atoms with van der Waals surface area (Å²) in [6.45, 7) is 7.30. The number of carbonyl (C=O) groups is 1. The number of hydrogen-bond acceptors (Lipinski definition) is 3. The highest BCUT2D eigenvalue weighted by Gasteiger charge is 2.11. The van der Waals surface area contributed by atoms with E-state index in [1.165, 1.54) is 0 Å². The molecule has 0 spiro atoms. The van der Waals surface area contributed by atoms with Crippen LogP contribution in [0.5, 0.6) is 0 Å². The third-order valence-corrected chi connectivity index (χ3v) is 3.03. The lowest BCUT2D eigenvalue weighted by molar-refractivity contribution is -0.130. The van der Waals surface area contributed by atoms with Gasteiger partial charge in [0.05, 0.1) is 6.42 Å². The van der Waals surface area contributed by atoms with Gasteiger partial charge in [0.2, 0.25) is 5.91 Å². The standard InChI is InChI=1S/C14H18N2O2/c1-4-16(5-2)14(17)9-11-6-7-13-12(8-11)15-10(3)18-13/h6-8H,4-5,9H2,1-3H3. The molecule has 1 heterocycles. The van der Waals surface area contributed by atoms with Crippen LogP contribution < -0.4 is 0 Å². The van der Waals surface area contributed by atoms with E-state index >= 15 is 0 Å². The highest BCUT2D eigenvalue weighted by molar-refractivity contribution is 5.81. The van der Waals surface area contributed by atoms with E-state index in [2.05, 4.69) is 4.98 Å². The molecule has 0 bridgehead atoms. The Kier molecular flexibility index (Phi) is 3.65. The van der Waals surface area contributed by atoms with Crippen LogP contribution >= 0.6 is 0 Å². The van der Waals surface area contributed by atoms with E-state index in [0.29, 0.717) is 12.3 Å². The Labute approximate surface area is 107 Å². The zero-order valence-electron chi connectivity index (χ0n) is 11.1. The molecule has 0 atom stereocenters. The first-order valence-electron chi connectivity index (χ1n) is 6.28. The maximum absolute atomic E-state index is 12.0. The number of rotatable bonds is 4. The van der Waals surface area contributed by atoms with Crippen molar-refractivity contribution >= 4 is 17.0 Å². The van der Waals surface area contributed by atoms with Crippen molar-refractivity contribution in [1.29, 1.82) is 0 Å². The minimum Gasteiger partial charge on any atom is -0.441 e. The van der Waals surface area contributed by atoms with Gasteiger partial charge in [0, 0.05) is 20.0 Å². The third kappa shape index (κ3) is 2.53. The van der Waals surface area contributed by atoms with Crippen LogP contribution in [0.1, 0.15) is 25.3 Å². The van der Waals surface area contributed by atoms with Crippen LogP contribution in [0, 0.1) is 6.92 Å². The van der Waals surface area contributed by atoms with Crippen LogP contribution in [0.25, 0.3) is 11.1 Å². The van der Waals surface area contributed by atoms with Crippen LogP contribution in [-0.2, 0) is 11.2 Å². The number of benzene rings is 1. The fourth-order valence-corrected chi connectivity index (χ4v) is 2.06. The van der Waals surface area contributed by atoms with Gasteiger partial charge in [-0.15, -0.1) is 0 Å². The Balaban J connectivity index is 2.18. The lowest BCUT2D eigenvalue weighted by atomic mass is 10.1. The SMILES string of the molecule is CCN(CC)C(=O)Cc1ccc2oc(C)nc2c1. The summed E-state index contributed by atoms with van der Waals surface area (Å²) in [4.78, 5) is 18.1. The van der Waals surface area contributed by atoms with E-state index in [9.17, 15) is 4.79 Å². The molecule has 2 aromatic rings. The summed E-state index contributed by atoms with van der Waals surface area (Å²) in [6.07, 6.45) is 0.420. The molecular weight excluding hydrogens is 228 g/mol. The fraction of sp³-hybridized carbons (Fsp3) is 0.429. The highest BCUT2D eigenvalue weighted by atomic mass is 16.3. The van der Waals surface area contributed by atoms with Crippen molar-refractivity contribution < 1.29 is 9.21 Å². The van der Waals surface area contributed by atoms with Crippen molar-refractivity contribution in [2.75, 3.05) is 13.1 Å². The molecule has 0 aliphatic rings. The second kappa shape index (κ2) is 5.21. The van der Waals surface area contributed by atoms with Crippen LogP contribution in [0.2, 0.25) is 0 Å². The van der Waals surface area contributed by atoms with Gasteiger partial charge >= 0.3 is 0 Å². The molecule has 0 unspecified atom stereocenters. The highest BCUT2D eigenvalue weighted by Crippen LogP contribution is 2.17. The molecule has 1 aromatic heterocycles. The lowest BCUT2D eigenvalue weighted by Crippen LogP contribution is -2.31. The summed E-state index contributed by atoms with van der Waals surface area (Å²) in [5.41, 5.74) is 2.57. The van der Waals surface area contributed by atoms with E-state index in [1.54, 1.807) is 0 Å². The molecule has 2 rings (SSSR count). The second-order valence-corrected chi connectivity index (χ2v) is 4.28. The van der Waals surface area contributed by atoms with E-state index in [0.717, 1.165) is 29.8 Å². The Bertz CT molecular complexity index is 556. The Morgan fingerprint density at radius 3 is 2.72 bits per heavy atom. The predicted molar refractivity (Wildman–Crippen MR) is 70.4 cm³/mol. The van der Waals surface area contributed by atoms with Gasteiger partial charge in [-0.3, -0.25) is 4.79 Å². The fourth-order valence-electron chi connectivity index (χ4n) is 2.06. The van der Waals surface area contributed by atoms with Crippen LogP contribution in [-0.4, -0.2) is 28.9 Å². The van der Waals surface area contributed by atoms with E-state index in [1.807, 2.05) is 43.9 Å². The Hall–Kier alpha value is -1.84. The molecule has 0 aliphatic heterocycles. The van der Waals surface area contributed by atoms with Crippen LogP contribution in [0.3, 0.4) is 0 Å². The van der Waals surface area contributed by atoms with Crippen molar-refractivity contribution in [3.63, 3.8) is 0 Å². The second-order valence-electron chi connectivity index (χ2n) is 4.28. The van der Waals surface area contributed by atoms with Crippen LogP contribution in [0.4, 0.5) is 0 Å². The number of likely N-dealkylation sites (N-methyl/N-ethyl adjacent to an activating group) is 1. The molecule has 0 saturated carbocycles. The maximum Gasteiger partial charge on any atom is 0.226 e. The smallest absolute Gasteiger partial charge is 0.226 e. The van der Waals surface area contributed by atoms with Gasteiger partial charge in [0.15, 0.2) is 11.5 Å². The normalized spacial score (nSPS) is 10.8. The molecule has 1 amide bonds. The van der Waals surface area contributed by atoms with Crippen molar-refractivity contribution in [2.24, 2.45) is 0 Å². The quantitative estimate of drug-likeness (QED) is 0.832. The van der Waals surface area contributed by atoms with E-state index < -0.39 is 0 Å². The predicted octanol–water partition coefficient (Wildman–Crippen LogP) is 2.55. The average Bonchev–Trinajstić information content (AvgIpc) is 2.70. The molecule has 0 radical (unpaired) electrons. The van der Waals surface area contributed by atoms with Gasteiger partial charge in [0.1, 0.15) is 5.52 Å². The van der Waals surface area contributed by atoms with Crippen LogP contribution in [0.15, 0.2) is 22.6 Å². The number of amides is 1. The van der Waals surface area contributed by atoms with Crippen molar-refractivity contribution in [2.45, 2.75) is 27.2 Å². The summed E-state index contributed by atoms with van der Waals surface area (Å²) in [6, 6.07) is 5.72. The van der Waals surface area contributed by atoms with Crippen molar-refractivity contribution in [3.05, 3.63) is 29.7 Å². The average molecular weight is 246 g/mol. The zero-order chi connectivity index (χ0) is 13.1.